The number of hydrogen-bond acceptors (Lipinski definition) is 3. The average Bonchev–Trinajstić information content (AvgIpc) is 2.64. The smallest absolute Gasteiger partial charge is 0.255 e. The van der Waals surface area contributed by atoms with Gasteiger partial charge in [0, 0.05) is 22.4 Å². The van der Waals surface area contributed by atoms with Crippen LogP contribution in [0.5, 0.6) is 5.75 Å². The van der Waals surface area contributed by atoms with Gasteiger partial charge >= 0.3 is 0 Å². The van der Waals surface area contributed by atoms with Crippen LogP contribution >= 0.6 is 0 Å². The van der Waals surface area contributed by atoms with E-state index in [1.807, 2.05) is 18.2 Å². The molecule has 0 aliphatic rings. The van der Waals surface area contributed by atoms with Crippen molar-refractivity contribution in [2.24, 2.45) is 0 Å². The second-order valence-corrected chi connectivity index (χ2v) is 5.27. The number of carbonyl (C=O) groups is 2. The van der Waals surface area contributed by atoms with Gasteiger partial charge in [-0.1, -0.05) is 42.5 Å². The lowest BCUT2D eigenvalue weighted by Crippen LogP contribution is -2.12. The first-order chi connectivity index (χ1) is 11.6. The molecule has 0 fully saturated rings. The van der Waals surface area contributed by atoms with Gasteiger partial charge in [0.25, 0.3) is 5.91 Å². The van der Waals surface area contributed by atoms with Crippen molar-refractivity contribution in [3.05, 3.63) is 95.6 Å². The fourth-order valence-electron chi connectivity index (χ4n) is 2.28. The van der Waals surface area contributed by atoms with Gasteiger partial charge in [-0.25, -0.2) is 0 Å². The van der Waals surface area contributed by atoms with Gasteiger partial charge in [-0.05, 0) is 36.4 Å². The van der Waals surface area contributed by atoms with Gasteiger partial charge in [-0.2, -0.15) is 0 Å². The molecule has 0 atom stereocenters. The molecule has 0 unspecified atom stereocenters. The summed E-state index contributed by atoms with van der Waals surface area (Å²) < 4.78 is 0. The van der Waals surface area contributed by atoms with Crippen molar-refractivity contribution in [3.8, 4) is 5.75 Å². The Morgan fingerprint density at radius 3 is 1.83 bits per heavy atom. The van der Waals surface area contributed by atoms with E-state index in [0.29, 0.717) is 22.4 Å². The van der Waals surface area contributed by atoms with Crippen LogP contribution in [-0.2, 0) is 0 Å². The molecule has 0 aliphatic carbocycles. The molecule has 24 heavy (non-hydrogen) atoms. The highest BCUT2D eigenvalue weighted by molar-refractivity contribution is 6.10. The predicted molar refractivity (Wildman–Crippen MR) is 92.4 cm³/mol. The average molecular weight is 317 g/mol. The maximum atomic E-state index is 12.3. The molecule has 0 aliphatic heterocycles. The summed E-state index contributed by atoms with van der Waals surface area (Å²) in [7, 11) is 0. The van der Waals surface area contributed by atoms with E-state index in [9.17, 15) is 14.7 Å². The Morgan fingerprint density at radius 2 is 1.21 bits per heavy atom. The molecule has 3 rings (SSSR count). The Bertz CT molecular complexity index is 854. The van der Waals surface area contributed by atoms with Crippen molar-refractivity contribution in [1.82, 2.24) is 0 Å². The van der Waals surface area contributed by atoms with Crippen molar-refractivity contribution >= 4 is 17.4 Å². The lowest BCUT2D eigenvalue weighted by atomic mass is 10.0. The zero-order valence-electron chi connectivity index (χ0n) is 12.8. The lowest BCUT2D eigenvalue weighted by molar-refractivity contribution is 0.102. The molecule has 0 radical (unpaired) electrons. The number of nitrogens with one attached hydrogen (secondary N) is 1. The molecule has 4 nitrogen and oxygen atoms in total. The number of aromatic hydroxyl groups is 1. The number of hydrogen-bond donors (Lipinski definition) is 2. The third-order valence-corrected chi connectivity index (χ3v) is 3.57. The molecule has 0 heterocycles. The number of amides is 1. The molecule has 0 saturated carbocycles. The Morgan fingerprint density at radius 1 is 0.667 bits per heavy atom. The molecule has 0 saturated heterocycles. The molecule has 2 N–H and O–H groups in total. The fourth-order valence-corrected chi connectivity index (χ4v) is 2.28. The van der Waals surface area contributed by atoms with Crippen LogP contribution in [0.2, 0.25) is 0 Å². The van der Waals surface area contributed by atoms with Crippen molar-refractivity contribution in [3.63, 3.8) is 0 Å². The molecule has 0 bridgehead atoms. The van der Waals surface area contributed by atoms with Crippen molar-refractivity contribution < 1.29 is 14.7 Å². The fraction of sp³-hybridized carbons (Fsp3) is 0. The standard InChI is InChI=1S/C20H15NO3/c22-18-12-10-17(11-13-18)21-20(24)16-8-6-15(7-9-16)19(23)14-4-2-1-3-5-14/h1-13,22H,(H,21,24). The Kier molecular flexibility index (Phi) is 4.38. The summed E-state index contributed by atoms with van der Waals surface area (Å²) in [6, 6.07) is 21.7. The van der Waals surface area contributed by atoms with Gasteiger partial charge in [-0.3, -0.25) is 9.59 Å². The van der Waals surface area contributed by atoms with Gasteiger partial charge in [0.15, 0.2) is 5.78 Å². The molecule has 0 spiro atoms. The summed E-state index contributed by atoms with van der Waals surface area (Å²) in [4.78, 5) is 24.5. The summed E-state index contributed by atoms with van der Waals surface area (Å²) in [6.07, 6.45) is 0. The molecule has 3 aromatic rings. The van der Waals surface area contributed by atoms with E-state index in [2.05, 4.69) is 5.32 Å². The molecule has 0 aromatic heterocycles. The number of anilines is 1. The van der Waals surface area contributed by atoms with Crippen LogP contribution in [0.25, 0.3) is 0 Å². The normalized spacial score (nSPS) is 10.2. The van der Waals surface area contributed by atoms with E-state index >= 15 is 0 Å². The van der Waals surface area contributed by atoms with Gasteiger partial charge in [0.1, 0.15) is 5.75 Å². The van der Waals surface area contributed by atoms with E-state index in [1.165, 1.54) is 12.1 Å². The largest absolute Gasteiger partial charge is 0.508 e. The molecular formula is C20H15NO3. The molecular weight excluding hydrogens is 302 g/mol. The molecule has 1 amide bonds. The monoisotopic (exact) mass is 317 g/mol. The predicted octanol–water partition coefficient (Wildman–Crippen LogP) is 3.88. The highest BCUT2D eigenvalue weighted by Gasteiger charge is 2.10. The number of phenolic OH excluding ortho intramolecular Hbond substituents is 1. The number of benzene rings is 3. The van der Waals surface area contributed by atoms with Gasteiger partial charge < -0.3 is 10.4 Å². The Balaban J connectivity index is 1.73. The van der Waals surface area contributed by atoms with E-state index in [1.54, 1.807) is 48.5 Å². The highest BCUT2D eigenvalue weighted by Crippen LogP contribution is 2.16. The minimum Gasteiger partial charge on any atom is -0.508 e. The van der Waals surface area contributed by atoms with Gasteiger partial charge in [-0.15, -0.1) is 0 Å². The summed E-state index contributed by atoms with van der Waals surface area (Å²) in [6.45, 7) is 0. The first-order valence-corrected chi connectivity index (χ1v) is 7.44. The number of ketones is 1. The number of phenols is 1. The van der Waals surface area contributed by atoms with Crippen LogP contribution in [0.1, 0.15) is 26.3 Å². The number of carbonyl (C=O) groups excluding carboxylic acids is 2. The lowest BCUT2D eigenvalue weighted by Gasteiger charge is -2.06. The second-order valence-electron chi connectivity index (χ2n) is 5.27. The topological polar surface area (TPSA) is 66.4 Å². The van der Waals surface area contributed by atoms with E-state index in [4.69, 9.17) is 0 Å². The van der Waals surface area contributed by atoms with E-state index in [0.717, 1.165) is 0 Å². The highest BCUT2D eigenvalue weighted by atomic mass is 16.3. The van der Waals surface area contributed by atoms with E-state index in [-0.39, 0.29) is 17.4 Å². The zero-order chi connectivity index (χ0) is 16.9. The molecule has 3 aromatic carbocycles. The maximum Gasteiger partial charge on any atom is 0.255 e. The van der Waals surface area contributed by atoms with Crippen molar-refractivity contribution in [2.45, 2.75) is 0 Å². The minimum atomic E-state index is -0.278. The summed E-state index contributed by atoms with van der Waals surface area (Å²) in [5.41, 5.74) is 2.18. The second kappa shape index (κ2) is 6.79. The summed E-state index contributed by atoms with van der Waals surface area (Å²) >= 11 is 0. The van der Waals surface area contributed by atoms with Crippen LogP contribution in [0.3, 0.4) is 0 Å². The number of rotatable bonds is 4. The van der Waals surface area contributed by atoms with Crippen molar-refractivity contribution in [1.29, 1.82) is 0 Å². The molecule has 118 valence electrons. The minimum absolute atomic E-state index is 0.0823. The third kappa shape index (κ3) is 3.50. The van der Waals surface area contributed by atoms with E-state index < -0.39 is 0 Å². The van der Waals surface area contributed by atoms with Crippen LogP contribution in [0.15, 0.2) is 78.9 Å². The van der Waals surface area contributed by atoms with Gasteiger partial charge in [0.05, 0.1) is 0 Å². The first kappa shape index (κ1) is 15.5. The van der Waals surface area contributed by atoms with Crippen molar-refractivity contribution in [2.75, 3.05) is 5.32 Å². The Hall–Kier alpha value is -3.40. The Labute approximate surface area is 139 Å². The third-order valence-electron chi connectivity index (χ3n) is 3.57. The van der Waals surface area contributed by atoms with Gasteiger partial charge in [0.2, 0.25) is 0 Å². The first-order valence-electron chi connectivity index (χ1n) is 7.44. The van der Waals surface area contributed by atoms with Crippen LogP contribution in [0, 0.1) is 0 Å². The summed E-state index contributed by atoms with van der Waals surface area (Å²) in [5, 5.41) is 12.0. The van der Waals surface area contributed by atoms with Crippen LogP contribution in [0.4, 0.5) is 5.69 Å². The molecule has 4 heteroatoms. The quantitative estimate of drug-likeness (QED) is 0.567. The zero-order valence-corrected chi connectivity index (χ0v) is 12.8. The SMILES string of the molecule is O=C(Nc1ccc(O)cc1)c1ccc(C(=O)c2ccccc2)cc1. The van der Waals surface area contributed by atoms with Crippen LogP contribution in [-0.4, -0.2) is 16.8 Å². The summed E-state index contributed by atoms with van der Waals surface area (Å²) in [5.74, 6) is -0.225. The van der Waals surface area contributed by atoms with Crippen LogP contribution < -0.4 is 5.32 Å². The maximum absolute atomic E-state index is 12.3.